The van der Waals surface area contributed by atoms with E-state index in [0.717, 1.165) is 18.3 Å². The Labute approximate surface area is 236 Å². The Kier molecular flexibility index (Phi) is 8.79. The third kappa shape index (κ3) is 6.04. The lowest BCUT2D eigenvalue weighted by Gasteiger charge is -2.17. The fourth-order valence-corrected chi connectivity index (χ4v) is 4.29. The minimum atomic E-state index is -1.27. The Morgan fingerprint density at radius 3 is 2.40 bits per heavy atom. The number of amides is 1. The molecular weight excluding hydrogens is 556 g/mol. The molecule has 0 aliphatic carbocycles. The summed E-state index contributed by atoms with van der Waals surface area (Å²) < 4.78 is 40.1. The zero-order chi connectivity index (χ0) is 30.6. The summed E-state index contributed by atoms with van der Waals surface area (Å²) in [5.41, 5.74) is -2.31. The van der Waals surface area contributed by atoms with Gasteiger partial charge in [-0.15, -0.1) is 0 Å². The lowest BCUT2D eigenvalue weighted by molar-refractivity contribution is 0.0477. The zero-order valence-electron chi connectivity index (χ0n) is 22.4. The van der Waals surface area contributed by atoms with Crippen LogP contribution in [0.2, 0.25) is 0 Å². The van der Waals surface area contributed by atoms with E-state index in [-0.39, 0.29) is 53.1 Å². The van der Waals surface area contributed by atoms with Crippen LogP contribution in [0.4, 0.5) is 8.78 Å². The van der Waals surface area contributed by atoms with E-state index in [9.17, 15) is 37.9 Å². The molecule has 4 rings (SSSR count). The second kappa shape index (κ2) is 12.5. The molecule has 2 N–H and O–H groups in total. The third-order valence-corrected chi connectivity index (χ3v) is 6.54. The van der Waals surface area contributed by atoms with Gasteiger partial charge < -0.3 is 28.9 Å². The van der Waals surface area contributed by atoms with Gasteiger partial charge in [0.15, 0.2) is 11.3 Å². The lowest BCUT2D eigenvalue weighted by atomic mass is 10.1. The summed E-state index contributed by atoms with van der Waals surface area (Å²) in [6.07, 6.45) is 4.17. The van der Waals surface area contributed by atoms with Gasteiger partial charge in [-0.3, -0.25) is 14.4 Å². The van der Waals surface area contributed by atoms with E-state index in [0.29, 0.717) is 6.07 Å². The van der Waals surface area contributed by atoms with Crippen LogP contribution >= 0.6 is 0 Å². The van der Waals surface area contributed by atoms with E-state index < -0.39 is 46.5 Å². The van der Waals surface area contributed by atoms with Crippen LogP contribution in [-0.2, 0) is 11.3 Å². The number of ether oxygens (including phenoxy) is 2. The molecule has 0 aliphatic heterocycles. The first-order valence-electron chi connectivity index (χ1n) is 12.6. The maximum Gasteiger partial charge on any atom is 0.339 e. The Hall–Kier alpha value is -5.33. The summed E-state index contributed by atoms with van der Waals surface area (Å²) in [6, 6.07) is 7.96. The van der Waals surface area contributed by atoms with Gasteiger partial charge in [-0.1, -0.05) is 18.2 Å². The molecule has 0 spiro atoms. The number of aromatic nitrogens is 2. The molecule has 1 amide bonds. The second-order valence-electron chi connectivity index (χ2n) is 9.21. The molecule has 13 heteroatoms. The van der Waals surface area contributed by atoms with Crippen molar-refractivity contribution >= 4 is 23.4 Å². The number of nitrogens with one attached hydrogen (secondary N) is 1. The number of benzene rings is 2. The molecule has 0 aliphatic rings. The van der Waals surface area contributed by atoms with Gasteiger partial charge in [0.1, 0.15) is 17.2 Å². The van der Waals surface area contributed by atoms with Crippen LogP contribution in [0.5, 0.6) is 5.75 Å². The molecule has 2 aromatic heterocycles. The van der Waals surface area contributed by atoms with Crippen molar-refractivity contribution in [3.63, 3.8) is 0 Å². The first-order chi connectivity index (χ1) is 20.0. The minimum absolute atomic E-state index is 0.00579. The summed E-state index contributed by atoms with van der Waals surface area (Å²) >= 11 is 0. The van der Waals surface area contributed by atoms with Crippen molar-refractivity contribution in [3.05, 3.63) is 116 Å². The molecule has 0 fully saturated rings. The Balaban J connectivity index is 1.53. The van der Waals surface area contributed by atoms with Gasteiger partial charge in [-0.25, -0.2) is 18.4 Å². The molecule has 4 aromatic rings. The molecule has 1 atom stereocenters. The van der Waals surface area contributed by atoms with Crippen LogP contribution in [0.15, 0.2) is 70.6 Å². The van der Waals surface area contributed by atoms with Crippen molar-refractivity contribution in [3.8, 4) is 5.75 Å². The van der Waals surface area contributed by atoms with Crippen molar-refractivity contribution in [2.24, 2.45) is 0 Å². The summed E-state index contributed by atoms with van der Waals surface area (Å²) in [5.74, 6) is -4.99. The number of rotatable bonds is 10. The number of carbonyl (C=O) groups is 3. The highest BCUT2D eigenvalue weighted by Gasteiger charge is 2.22. The fourth-order valence-electron chi connectivity index (χ4n) is 4.29. The van der Waals surface area contributed by atoms with Crippen LogP contribution in [0, 0.1) is 11.6 Å². The Morgan fingerprint density at radius 1 is 1.02 bits per heavy atom. The summed E-state index contributed by atoms with van der Waals surface area (Å²) in [4.78, 5) is 63.0. The van der Waals surface area contributed by atoms with E-state index in [1.807, 2.05) is 0 Å². The van der Waals surface area contributed by atoms with Gasteiger partial charge in [-0.2, -0.15) is 0 Å². The minimum Gasteiger partial charge on any atom is -0.491 e. The normalized spacial score (nSPS) is 11.6. The molecule has 0 radical (unpaired) electrons. The maximum atomic E-state index is 13.9. The van der Waals surface area contributed by atoms with Crippen molar-refractivity contribution in [2.75, 3.05) is 13.7 Å². The number of nitrogens with zero attached hydrogens (tertiary/aromatic N) is 2. The number of methoxy groups -OCH3 is 1. The molecule has 0 saturated heterocycles. The van der Waals surface area contributed by atoms with E-state index in [1.54, 1.807) is 6.92 Å². The number of carboxylic acids is 1. The topological polar surface area (TPSA) is 145 Å². The molecule has 0 saturated carbocycles. The van der Waals surface area contributed by atoms with Gasteiger partial charge in [0.2, 0.25) is 5.43 Å². The highest BCUT2D eigenvalue weighted by atomic mass is 19.1. The summed E-state index contributed by atoms with van der Waals surface area (Å²) in [5, 5.41) is 11.7. The van der Waals surface area contributed by atoms with Crippen LogP contribution in [-0.4, -0.2) is 45.6 Å². The molecule has 218 valence electrons. The van der Waals surface area contributed by atoms with Gasteiger partial charge >= 0.3 is 11.9 Å². The number of hydrogen-bond acceptors (Lipinski definition) is 7. The SMILES string of the molecule is COc1c(=O)c(C(=O)NCc2ccc(F)cc2F)cn2ccn([C@H](C)CCOC(=O)c3ccccc3C(=O)O)c(=O)c12. The van der Waals surface area contributed by atoms with Crippen LogP contribution in [0.3, 0.4) is 0 Å². The molecule has 11 nitrogen and oxygen atoms in total. The zero-order valence-corrected chi connectivity index (χ0v) is 22.4. The highest BCUT2D eigenvalue weighted by Crippen LogP contribution is 2.17. The summed E-state index contributed by atoms with van der Waals surface area (Å²) in [7, 11) is 1.17. The number of aromatic carboxylic acids is 1. The quantitative estimate of drug-likeness (QED) is 0.272. The van der Waals surface area contributed by atoms with Crippen LogP contribution in [0.25, 0.3) is 5.52 Å². The monoisotopic (exact) mass is 581 g/mol. The first kappa shape index (κ1) is 29.6. The average molecular weight is 582 g/mol. The van der Waals surface area contributed by atoms with Crippen molar-refractivity contribution < 1.29 is 37.7 Å². The van der Waals surface area contributed by atoms with Gasteiger partial charge in [0.25, 0.3) is 11.5 Å². The summed E-state index contributed by atoms with van der Waals surface area (Å²) in [6.45, 7) is 1.22. The van der Waals surface area contributed by atoms with Gasteiger partial charge in [-0.05, 0) is 25.1 Å². The average Bonchev–Trinajstić information content (AvgIpc) is 2.96. The number of carboxylic acid groups (broad SMARTS) is 1. The van der Waals surface area contributed by atoms with Gasteiger partial charge in [0.05, 0.1) is 24.8 Å². The van der Waals surface area contributed by atoms with Crippen LogP contribution in [0.1, 0.15) is 56.0 Å². The van der Waals surface area contributed by atoms with Crippen LogP contribution < -0.4 is 21.0 Å². The third-order valence-electron chi connectivity index (χ3n) is 6.54. The predicted octanol–water partition coefficient (Wildman–Crippen LogP) is 3.18. The van der Waals surface area contributed by atoms with E-state index in [1.165, 1.54) is 52.7 Å². The first-order valence-corrected chi connectivity index (χ1v) is 12.6. The number of esters is 1. The number of halogens is 2. The maximum absolute atomic E-state index is 13.9. The predicted molar refractivity (Wildman–Crippen MR) is 145 cm³/mol. The van der Waals surface area contributed by atoms with E-state index in [2.05, 4.69) is 5.32 Å². The number of hydrogen-bond donors (Lipinski definition) is 2. The molecule has 2 heterocycles. The van der Waals surface area contributed by atoms with Crippen molar-refractivity contribution in [1.29, 1.82) is 0 Å². The highest BCUT2D eigenvalue weighted by molar-refractivity contribution is 6.02. The fraction of sp³-hybridized carbons (Fsp3) is 0.207. The number of pyridine rings is 1. The van der Waals surface area contributed by atoms with Crippen molar-refractivity contribution in [1.82, 2.24) is 14.3 Å². The lowest BCUT2D eigenvalue weighted by Crippen LogP contribution is -2.32. The van der Waals surface area contributed by atoms with E-state index >= 15 is 0 Å². The largest absolute Gasteiger partial charge is 0.491 e. The Morgan fingerprint density at radius 2 is 1.74 bits per heavy atom. The smallest absolute Gasteiger partial charge is 0.339 e. The Bertz CT molecular complexity index is 1820. The van der Waals surface area contributed by atoms with Gasteiger partial charge in [0, 0.05) is 49.2 Å². The standard InChI is InChI=1S/C29H25F2N3O8/c1-16(9-12-42-29(40)20-6-4-3-5-19(20)28(38)39)34-11-10-33-15-21(24(35)25(41-2)23(33)27(34)37)26(36)32-14-17-7-8-18(30)13-22(17)31/h3-8,10-11,13,15-16H,9,12,14H2,1-2H3,(H,32,36)(H,38,39)/t16-/m1/s1. The van der Waals surface area contributed by atoms with Crippen molar-refractivity contribution in [2.45, 2.75) is 25.9 Å². The molecule has 42 heavy (non-hydrogen) atoms. The number of carbonyl (C=O) groups excluding carboxylic acids is 2. The second-order valence-corrected chi connectivity index (χ2v) is 9.21. The van der Waals surface area contributed by atoms with E-state index in [4.69, 9.17) is 9.47 Å². The molecule has 0 unspecified atom stereocenters. The molecule has 2 aromatic carbocycles. The number of fused-ring (bicyclic) bond motifs is 1. The molecular formula is C29H25F2N3O8. The molecule has 0 bridgehead atoms.